The second kappa shape index (κ2) is 11.1. The van der Waals surface area contributed by atoms with Crippen molar-refractivity contribution in [3.8, 4) is 28.7 Å². The first-order chi connectivity index (χ1) is 15.6. The molecule has 0 amide bonds. The Labute approximate surface area is 187 Å². The number of benzene rings is 3. The molecule has 3 aromatic rings. The summed E-state index contributed by atoms with van der Waals surface area (Å²) in [5.74, 6) is 1.05. The highest BCUT2D eigenvalue weighted by molar-refractivity contribution is 5.78. The van der Waals surface area contributed by atoms with Gasteiger partial charge in [0.2, 0.25) is 0 Å². The third-order valence-corrected chi connectivity index (χ3v) is 4.63. The maximum atomic E-state index is 12.2. The van der Waals surface area contributed by atoms with E-state index < -0.39 is 12.1 Å². The van der Waals surface area contributed by atoms with Crippen LogP contribution in [0.3, 0.4) is 0 Å². The zero-order chi connectivity index (χ0) is 22.9. The SMILES string of the molecule is CCOC(=O)C(O)c1cc(OC)c(OC)cc1Oc1ccccc1OCc1ccccc1. The molecule has 0 spiro atoms. The maximum Gasteiger partial charge on any atom is 0.339 e. The fourth-order valence-corrected chi connectivity index (χ4v) is 3.03. The molecule has 0 fully saturated rings. The predicted octanol–water partition coefficient (Wildman–Crippen LogP) is 4.67. The van der Waals surface area contributed by atoms with Gasteiger partial charge in [-0.1, -0.05) is 42.5 Å². The van der Waals surface area contributed by atoms with Gasteiger partial charge >= 0.3 is 5.97 Å². The molecule has 0 bridgehead atoms. The Morgan fingerprint density at radius 2 is 1.47 bits per heavy atom. The zero-order valence-corrected chi connectivity index (χ0v) is 18.2. The van der Waals surface area contributed by atoms with Gasteiger partial charge in [-0.2, -0.15) is 0 Å². The number of methoxy groups -OCH3 is 2. The van der Waals surface area contributed by atoms with Crippen molar-refractivity contribution < 1.29 is 33.6 Å². The fourth-order valence-electron chi connectivity index (χ4n) is 3.03. The number of esters is 1. The van der Waals surface area contributed by atoms with Gasteiger partial charge in [0, 0.05) is 11.6 Å². The molecular weight excluding hydrogens is 412 g/mol. The Bertz CT molecular complexity index is 1030. The van der Waals surface area contributed by atoms with Crippen LogP contribution in [0.4, 0.5) is 0 Å². The Kier molecular flexibility index (Phi) is 7.94. The molecule has 0 aliphatic carbocycles. The smallest absolute Gasteiger partial charge is 0.339 e. The number of para-hydroxylation sites is 2. The minimum Gasteiger partial charge on any atom is -0.493 e. The number of aliphatic hydroxyl groups is 1. The monoisotopic (exact) mass is 438 g/mol. The summed E-state index contributed by atoms with van der Waals surface area (Å²) in [4.78, 5) is 12.2. The van der Waals surface area contributed by atoms with Crippen LogP contribution in [0.15, 0.2) is 66.7 Å². The van der Waals surface area contributed by atoms with Gasteiger partial charge in [-0.3, -0.25) is 0 Å². The molecule has 0 radical (unpaired) electrons. The van der Waals surface area contributed by atoms with Crippen molar-refractivity contribution in [1.82, 2.24) is 0 Å². The van der Waals surface area contributed by atoms with Gasteiger partial charge in [-0.25, -0.2) is 4.79 Å². The highest BCUT2D eigenvalue weighted by Gasteiger charge is 2.26. The Morgan fingerprint density at radius 1 is 0.844 bits per heavy atom. The summed E-state index contributed by atoms with van der Waals surface area (Å²) < 4.78 is 27.7. The van der Waals surface area contributed by atoms with Gasteiger partial charge in [0.1, 0.15) is 12.4 Å². The number of carbonyl (C=O) groups is 1. The summed E-state index contributed by atoms with van der Waals surface area (Å²) in [6.45, 7) is 2.15. The van der Waals surface area contributed by atoms with E-state index in [0.29, 0.717) is 29.6 Å². The van der Waals surface area contributed by atoms with E-state index in [2.05, 4.69) is 0 Å². The van der Waals surface area contributed by atoms with Crippen molar-refractivity contribution in [2.75, 3.05) is 20.8 Å². The molecule has 0 saturated carbocycles. The van der Waals surface area contributed by atoms with Crippen LogP contribution in [0.5, 0.6) is 28.7 Å². The molecule has 7 heteroatoms. The minimum absolute atomic E-state index is 0.134. The van der Waals surface area contributed by atoms with Crippen LogP contribution < -0.4 is 18.9 Å². The highest BCUT2D eigenvalue weighted by atomic mass is 16.5. The lowest BCUT2D eigenvalue weighted by Crippen LogP contribution is -2.16. The molecule has 0 aliphatic rings. The Morgan fingerprint density at radius 3 is 2.12 bits per heavy atom. The van der Waals surface area contributed by atoms with E-state index in [1.54, 1.807) is 31.2 Å². The average Bonchev–Trinajstić information content (AvgIpc) is 2.83. The van der Waals surface area contributed by atoms with E-state index in [4.69, 9.17) is 23.7 Å². The first kappa shape index (κ1) is 23.0. The van der Waals surface area contributed by atoms with Crippen LogP contribution in [-0.2, 0) is 16.1 Å². The first-order valence-electron chi connectivity index (χ1n) is 10.1. The van der Waals surface area contributed by atoms with E-state index in [9.17, 15) is 9.90 Å². The molecule has 1 unspecified atom stereocenters. The topological polar surface area (TPSA) is 83.5 Å². The molecule has 32 heavy (non-hydrogen) atoms. The number of hydrogen-bond acceptors (Lipinski definition) is 7. The number of rotatable bonds is 10. The van der Waals surface area contributed by atoms with Crippen LogP contribution >= 0.6 is 0 Å². The van der Waals surface area contributed by atoms with Crippen LogP contribution in [-0.4, -0.2) is 31.9 Å². The van der Waals surface area contributed by atoms with Crippen molar-refractivity contribution in [1.29, 1.82) is 0 Å². The van der Waals surface area contributed by atoms with Gasteiger partial charge in [0.05, 0.1) is 20.8 Å². The summed E-state index contributed by atoms with van der Waals surface area (Å²) in [5.41, 5.74) is 1.19. The number of carbonyl (C=O) groups excluding carboxylic acids is 1. The number of hydrogen-bond donors (Lipinski definition) is 1. The zero-order valence-electron chi connectivity index (χ0n) is 18.2. The number of aliphatic hydroxyl groups excluding tert-OH is 1. The summed E-state index contributed by atoms with van der Waals surface area (Å²) in [6, 6.07) is 19.9. The lowest BCUT2D eigenvalue weighted by molar-refractivity contribution is -0.153. The van der Waals surface area contributed by atoms with Gasteiger partial charge in [-0.15, -0.1) is 0 Å². The van der Waals surface area contributed by atoms with Crippen molar-refractivity contribution in [3.63, 3.8) is 0 Å². The molecule has 0 heterocycles. The van der Waals surface area contributed by atoms with E-state index >= 15 is 0 Å². The predicted molar refractivity (Wildman–Crippen MR) is 118 cm³/mol. The fraction of sp³-hybridized carbons (Fsp3) is 0.240. The Hall–Kier alpha value is -3.71. The average molecular weight is 438 g/mol. The number of ether oxygens (including phenoxy) is 5. The maximum absolute atomic E-state index is 12.2. The molecule has 0 aromatic heterocycles. The third-order valence-electron chi connectivity index (χ3n) is 4.63. The van der Waals surface area contributed by atoms with Gasteiger partial charge in [-0.05, 0) is 30.7 Å². The van der Waals surface area contributed by atoms with E-state index in [1.165, 1.54) is 20.3 Å². The molecule has 1 N–H and O–H groups in total. The van der Waals surface area contributed by atoms with Crippen LogP contribution in [0.1, 0.15) is 24.2 Å². The summed E-state index contributed by atoms with van der Waals surface area (Å²) in [5, 5.41) is 10.6. The van der Waals surface area contributed by atoms with E-state index in [1.807, 2.05) is 36.4 Å². The molecule has 0 saturated heterocycles. The van der Waals surface area contributed by atoms with Crippen LogP contribution in [0.25, 0.3) is 0 Å². The second-order valence-corrected chi connectivity index (χ2v) is 6.72. The lowest BCUT2D eigenvalue weighted by Gasteiger charge is -2.19. The molecule has 168 valence electrons. The summed E-state index contributed by atoms with van der Waals surface area (Å²) in [6.07, 6.45) is -1.57. The van der Waals surface area contributed by atoms with Crippen LogP contribution in [0.2, 0.25) is 0 Å². The third kappa shape index (κ3) is 5.50. The van der Waals surface area contributed by atoms with Gasteiger partial charge in [0.15, 0.2) is 29.1 Å². The van der Waals surface area contributed by atoms with Gasteiger partial charge in [0.25, 0.3) is 0 Å². The molecular formula is C25H26O7. The molecule has 3 aromatic carbocycles. The van der Waals surface area contributed by atoms with Crippen LogP contribution in [0, 0.1) is 0 Å². The lowest BCUT2D eigenvalue weighted by atomic mass is 10.1. The van der Waals surface area contributed by atoms with E-state index in [-0.39, 0.29) is 17.9 Å². The first-order valence-corrected chi connectivity index (χ1v) is 10.1. The highest BCUT2D eigenvalue weighted by Crippen LogP contribution is 2.41. The molecule has 0 aliphatic heterocycles. The second-order valence-electron chi connectivity index (χ2n) is 6.72. The molecule has 3 rings (SSSR count). The quantitative estimate of drug-likeness (QED) is 0.461. The normalized spacial score (nSPS) is 11.4. The molecule has 7 nitrogen and oxygen atoms in total. The summed E-state index contributed by atoms with van der Waals surface area (Å²) >= 11 is 0. The summed E-state index contributed by atoms with van der Waals surface area (Å²) in [7, 11) is 2.95. The van der Waals surface area contributed by atoms with Crippen molar-refractivity contribution in [2.24, 2.45) is 0 Å². The Balaban J connectivity index is 1.94. The standard InChI is InChI=1S/C25H26O7/c1-4-30-25(27)24(26)18-14-22(28-2)23(29-3)15-21(18)32-20-13-9-8-12-19(20)31-16-17-10-6-5-7-11-17/h5-15,24,26H,4,16H2,1-3H3. The minimum atomic E-state index is -1.57. The van der Waals surface area contributed by atoms with Crippen molar-refractivity contribution >= 4 is 5.97 Å². The molecule has 1 atom stereocenters. The largest absolute Gasteiger partial charge is 0.493 e. The van der Waals surface area contributed by atoms with Crippen molar-refractivity contribution in [3.05, 3.63) is 77.9 Å². The van der Waals surface area contributed by atoms with E-state index in [0.717, 1.165) is 5.56 Å². The van der Waals surface area contributed by atoms with Gasteiger partial charge < -0.3 is 28.8 Å². The van der Waals surface area contributed by atoms with Crippen molar-refractivity contribution in [2.45, 2.75) is 19.6 Å².